The number of aromatic nitrogens is 1. The van der Waals surface area contributed by atoms with Crippen LogP contribution in [0.1, 0.15) is 25.5 Å². The third-order valence-corrected chi connectivity index (χ3v) is 3.09. The van der Waals surface area contributed by atoms with Crippen LogP contribution in [-0.4, -0.2) is 18.7 Å². The van der Waals surface area contributed by atoms with Gasteiger partial charge in [-0.3, -0.25) is 0 Å². The van der Waals surface area contributed by atoms with Crippen molar-refractivity contribution in [3.8, 4) is 11.6 Å². The number of ether oxygens (including phenoxy) is 2. The van der Waals surface area contributed by atoms with E-state index in [0.717, 1.165) is 5.69 Å². The fourth-order valence-corrected chi connectivity index (χ4v) is 2.01. The molecule has 112 valence electrons. The Hall–Kier alpha value is -2.30. The molecule has 1 unspecified atom stereocenters. The summed E-state index contributed by atoms with van der Waals surface area (Å²) >= 11 is 0. The maximum absolute atomic E-state index is 14.0. The van der Waals surface area contributed by atoms with Crippen molar-refractivity contribution < 1.29 is 13.9 Å². The molecule has 1 aromatic heterocycles. The monoisotopic (exact) mass is 290 g/mol. The molecule has 0 saturated heterocycles. The van der Waals surface area contributed by atoms with Crippen molar-refractivity contribution in [2.45, 2.75) is 19.9 Å². The Morgan fingerprint density at radius 1 is 1.29 bits per heavy atom. The van der Waals surface area contributed by atoms with Crippen molar-refractivity contribution in [1.82, 2.24) is 4.98 Å². The van der Waals surface area contributed by atoms with Crippen LogP contribution in [0.3, 0.4) is 0 Å². The van der Waals surface area contributed by atoms with E-state index >= 15 is 0 Å². The molecule has 0 aliphatic carbocycles. The lowest BCUT2D eigenvalue weighted by molar-refractivity contribution is 0.327. The highest BCUT2D eigenvalue weighted by Crippen LogP contribution is 2.25. The van der Waals surface area contributed by atoms with Gasteiger partial charge in [0.15, 0.2) is 0 Å². The van der Waals surface area contributed by atoms with E-state index in [-0.39, 0.29) is 11.9 Å². The van der Waals surface area contributed by atoms with Crippen LogP contribution in [0, 0.1) is 5.82 Å². The number of halogens is 1. The Balaban J connectivity index is 2.08. The largest absolute Gasteiger partial charge is 0.497 e. The fraction of sp³-hybridized carbons (Fsp3) is 0.312. The third kappa shape index (κ3) is 3.84. The number of hydrogen-bond donors (Lipinski definition) is 1. The molecule has 2 rings (SSSR count). The van der Waals surface area contributed by atoms with Gasteiger partial charge in [-0.1, -0.05) is 6.07 Å². The van der Waals surface area contributed by atoms with Crippen LogP contribution in [-0.2, 0) is 0 Å². The van der Waals surface area contributed by atoms with Gasteiger partial charge in [-0.2, -0.15) is 0 Å². The Kier molecular flexibility index (Phi) is 4.98. The molecule has 0 amide bonds. The van der Waals surface area contributed by atoms with Crippen molar-refractivity contribution in [2.75, 3.05) is 19.0 Å². The normalized spacial score (nSPS) is 11.8. The van der Waals surface area contributed by atoms with Gasteiger partial charge in [-0.25, -0.2) is 9.37 Å². The second-order valence-electron chi connectivity index (χ2n) is 4.57. The quantitative estimate of drug-likeness (QED) is 0.878. The number of hydrogen-bond acceptors (Lipinski definition) is 4. The van der Waals surface area contributed by atoms with Gasteiger partial charge in [0.2, 0.25) is 5.88 Å². The molecule has 0 fully saturated rings. The van der Waals surface area contributed by atoms with Crippen LogP contribution in [0.25, 0.3) is 0 Å². The predicted octanol–water partition coefficient (Wildman–Crippen LogP) is 3.80. The fourth-order valence-electron chi connectivity index (χ4n) is 2.01. The predicted molar refractivity (Wildman–Crippen MR) is 80.4 cm³/mol. The van der Waals surface area contributed by atoms with E-state index in [4.69, 9.17) is 9.47 Å². The van der Waals surface area contributed by atoms with E-state index in [1.807, 2.05) is 19.9 Å². The second-order valence-corrected chi connectivity index (χ2v) is 4.57. The van der Waals surface area contributed by atoms with E-state index < -0.39 is 0 Å². The van der Waals surface area contributed by atoms with Gasteiger partial charge in [-0.15, -0.1) is 0 Å². The van der Waals surface area contributed by atoms with Gasteiger partial charge in [0.1, 0.15) is 11.6 Å². The number of benzene rings is 1. The summed E-state index contributed by atoms with van der Waals surface area (Å²) in [5.74, 6) is 0.783. The minimum atomic E-state index is -0.298. The van der Waals surface area contributed by atoms with Crippen molar-refractivity contribution in [3.63, 3.8) is 0 Å². The van der Waals surface area contributed by atoms with Crippen LogP contribution < -0.4 is 14.8 Å². The summed E-state index contributed by atoms with van der Waals surface area (Å²) in [5, 5.41) is 3.21. The van der Waals surface area contributed by atoms with Gasteiger partial charge in [-0.05, 0) is 26.0 Å². The molecule has 1 heterocycles. The summed E-state index contributed by atoms with van der Waals surface area (Å²) in [6, 6.07) is 8.29. The average Bonchev–Trinajstić information content (AvgIpc) is 2.49. The highest BCUT2D eigenvalue weighted by molar-refractivity contribution is 5.45. The van der Waals surface area contributed by atoms with Crippen LogP contribution in [0.4, 0.5) is 10.1 Å². The van der Waals surface area contributed by atoms with Gasteiger partial charge in [0.05, 0.1) is 31.6 Å². The van der Waals surface area contributed by atoms with Gasteiger partial charge >= 0.3 is 0 Å². The first-order chi connectivity index (χ1) is 10.1. The van der Waals surface area contributed by atoms with E-state index in [2.05, 4.69) is 10.3 Å². The maximum Gasteiger partial charge on any atom is 0.213 e. The number of nitrogens with one attached hydrogen (secondary N) is 1. The highest BCUT2D eigenvalue weighted by Gasteiger charge is 2.12. The van der Waals surface area contributed by atoms with Crippen molar-refractivity contribution in [1.29, 1.82) is 0 Å². The molecule has 1 atom stereocenters. The first-order valence-corrected chi connectivity index (χ1v) is 6.83. The van der Waals surface area contributed by atoms with Crippen LogP contribution in [0.15, 0.2) is 36.5 Å². The lowest BCUT2D eigenvalue weighted by atomic mass is 10.1. The molecule has 2 aromatic rings. The Morgan fingerprint density at radius 2 is 2.10 bits per heavy atom. The van der Waals surface area contributed by atoms with Crippen molar-refractivity contribution >= 4 is 5.69 Å². The van der Waals surface area contributed by atoms with E-state index in [1.165, 1.54) is 13.2 Å². The summed E-state index contributed by atoms with van der Waals surface area (Å²) in [7, 11) is 1.52. The molecule has 0 bridgehead atoms. The summed E-state index contributed by atoms with van der Waals surface area (Å²) < 4.78 is 24.3. The first-order valence-electron chi connectivity index (χ1n) is 6.83. The third-order valence-electron chi connectivity index (χ3n) is 3.09. The van der Waals surface area contributed by atoms with Gasteiger partial charge < -0.3 is 14.8 Å². The molecule has 0 radical (unpaired) electrons. The zero-order chi connectivity index (χ0) is 15.2. The highest BCUT2D eigenvalue weighted by atomic mass is 19.1. The minimum Gasteiger partial charge on any atom is -0.497 e. The molecule has 21 heavy (non-hydrogen) atoms. The topological polar surface area (TPSA) is 43.4 Å². The molecular formula is C16H19FN2O2. The molecule has 0 aliphatic rings. The summed E-state index contributed by atoms with van der Waals surface area (Å²) in [5.41, 5.74) is 1.38. The van der Waals surface area contributed by atoms with Gasteiger partial charge in [0, 0.05) is 17.7 Å². The first kappa shape index (κ1) is 15.1. The molecule has 0 aliphatic heterocycles. The van der Waals surface area contributed by atoms with Crippen LogP contribution >= 0.6 is 0 Å². The smallest absolute Gasteiger partial charge is 0.213 e. The lowest BCUT2D eigenvalue weighted by Crippen LogP contribution is -2.09. The summed E-state index contributed by atoms with van der Waals surface area (Å²) in [6.07, 6.45) is 1.67. The van der Waals surface area contributed by atoms with E-state index in [1.54, 1.807) is 24.4 Å². The average molecular weight is 290 g/mol. The zero-order valence-corrected chi connectivity index (χ0v) is 12.4. The molecule has 4 nitrogen and oxygen atoms in total. The van der Waals surface area contributed by atoms with Crippen LogP contribution in [0.5, 0.6) is 11.6 Å². The molecule has 1 aromatic carbocycles. The SMILES string of the molecule is CCOc1ccc(NC(C)c2ccc(OC)cc2F)cn1. The minimum absolute atomic E-state index is 0.185. The number of anilines is 1. The summed E-state index contributed by atoms with van der Waals surface area (Å²) in [4.78, 5) is 4.17. The Morgan fingerprint density at radius 3 is 2.67 bits per heavy atom. The molecule has 0 saturated carbocycles. The number of methoxy groups -OCH3 is 1. The van der Waals surface area contributed by atoms with Crippen LogP contribution in [0.2, 0.25) is 0 Å². The number of nitrogens with zero attached hydrogens (tertiary/aromatic N) is 1. The molecule has 5 heteroatoms. The lowest BCUT2D eigenvalue weighted by Gasteiger charge is -2.17. The number of pyridine rings is 1. The zero-order valence-electron chi connectivity index (χ0n) is 12.4. The molecule has 0 spiro atoms. The maximum atomic E-state index is 14.0. The molecular weight excluding hydrogens is 271 g/mol. The van der Waals surface area contributed by atoms with Gasteiger partial charge in [0.25, 0.3) is 0 Å². The van der Waals surface area contributed by atoms with Crippen molar-refractivity contribution in [3.05, 3.63) is 47.9 Å². The summed E-state index contributed by atoms with van der Waals surface area (Å²) in [6.45, 7) is 4.37. The van der Waals surface area contributed by atoms with E-state index in [9.17, 15) is 4.39 Å². The standard InChI is InChI=1S/C16H19FN2O2/c1-4-21-16-8-5-12(10-18-16)19-11(2)14-7-6-13(20-3)9-15(14)17/h5-11,19H,4H2,1-3H3. The van der Waals surface area contributed by atoms with Crippen molar-refractivity contribution in [2.24, 2.45) is 0 Å². The second kappa shape index (κ2) is 6.92. The Labute approximate surface area is 123 Å². The Bertz CT molecular complexity index is 587. The number of rotatable bonds is 6. The molecule has 1 N–H and O–H groups in total. The van der Waals surface area contributed by atoms with E-state index in [0.29, 0.717) is 23.8 Å².